The van der Waals surface area contributed by atoms with Crippen molar-refractivity contribution in [1.29, 1.82) is 0 Å². The predicted octanol–water partition coefficient (Wildman–Crippen LogP) is 4.41. The lowest BCUT2D eigenvalue weighted by Crippen LogP contribution is -1.99. The van der Waals surface area contributed by atoms with E-state index < -0.39 is 0 Å². The van der Waals surface area contributed by atoms with Gasteiger partial charge in [0.15, 0.2) is 0 Å². The number of rotatable bonds is 2. The third-order valence-corrected chi connectivity index (χ3v) is 5.25. The smallest absolute Gasteiger partial charge is 0.306 e. The maximum Gasteiger partial charge on any atom is 0.323 e. The summed E-state index contributed by atoms with van der Waals surface area (Å²) in [4.78, 5) is 16.9. The minimum Gasteiger partial charge on any atom is -0.306 e. The second-order valence-corrected chi connectivity index (χ2v) is 6.53. The van der Waals surface area contributed by atoms with Gasteiger partial charge in [-0.2, -0.15) is 0 Å². The number of hydrogen-bond acceptors (Lipinski definition) is 1. The molecule has 3 aromatic rings. The fourth-order valence-corrected chi connectivity index (χ4v) is 3.04. The van der Waals surface area contributed by atoms with E-state index in [1.807, 2.05) is 18.2 Å². The highest BCUT2D eigenvalue weighted by Gasteiger charge is 2.12. The monoisotopic (exact) mass is 394 g/mol. The highest BCUT2D eigenvalue weighted by atomic mass is 79.9. The number of aromatic amines is 2. The lowest BCUT2D eigenvalue weighted by Gasteiger charge is -2.12. The molecule has 0 aliphatic heterocycles. The molecule has 0 aliphatic rings. The van der Waals surface area contributed by atoms with Crippen LogP contribution in [-0.2, 0) is 0 Å². The Morgan fingerprint density at radius 3 is 2.40 bits per heavy atom. The van der Waals surface area contributed by atoms with Crippen LogP contribution in [0.15, 0.2) is 45.7 Å². The fraction of sp³-hybridized carbons (Fsp3) is 0.133. The molecule has 0 saturated carbocycles. The van der Waals surface area contributed by atoms with E-state index in [1.165, 1.54) is 11.1 Å². The molecule has 3 rings (SSSR count). The molecule has 0 spiro atoms. The zero-order chi connectivity index (χ0) is 14.3. The summed E-state index contributed by atoms with van der Waals surface area (Å²) >= 11 is 7.24. The van der Waals surface area contributed by atoms with Crippen LogP contribution in [0.4, 0.5) is 0 Å². The van der Waals surface area contributed by atoms with Gasteiger partial charge < -0.3 is 9.97 Å². The van der Waals surface area contributed by atoms with Crippen molar-refractivity contribution in [3.63, 3.8) is 0 Å². The van der Waals surface area contributed by atoms with Crippen molar-refractivity contribution in [2.24, 2.45) is 0 Å². The standard InChI is InChI=1S/C15H12Br2N2O/c1-8-6-9(2-4-11(8)16)14(17)10-3-5-12-13(7-10)19-15(20)18-12/h2-7,14H,1H3,(H2,18,19,20). The van der Waals surface area contributed by atoms with Gasteiger partial charge in [0, 0.05) is 4.47 Å². The molecular weight excluding hydrogens is 384 g/mol. The summed E-state index contributed by atoms with van der Waals surface area (Å²) in [7, 11) is 0. The molecule has 1 unspecified atom stereocenters. The summed E-state index contributed by atoms with van der Waals surface area (Å²) in [5.74, 6) is 0. The Kier molecular flexibility index (Phi) is 3.56. The number of aromatic nitrogens is 2. The lowest BCUT2D eigenvalue weighted by molar-refractivity contribution is 1.17. The second-order valence-electron chi connectivity index (χ2n) is 4.76. The van der Waals surface area contributed by atoms with Gasteiger partial charge in [0.2, 0.25) is 0 Å². The van der Waals surface area contributed by atoms with E-state index in [4.69, 9.17) is 0 Å². The molecular formula is C15H12Br2N2O. The predicted molar refractivity (Wildman–Crippen MR) is 88.6 cm³/mol. The number of H-pyrrole nitrogens is 2. The van der Waals surface area contributed by atoms with Crippen LogP contribution >= 0.6 is 31.9 Å². The average Bonchev–Trinajstić information content (AvgIpc) is 2.80. The normalized spacial score (nSPS) is 12.8. The van der Waals surface area contributed by atoms with E-state index >= 15 is 0 Å². The molecule has 20 heavy (non-hydrogen) atoms. The SMILES string of the molecule is Cc1cc(C(Br)c2ccc3[nH]c(=O)[nH]c3c2)ccc1Br. The van der Waals surface area contributed by atoms with Gasteiger partial charge in [-0.05, 0) is 41.8 Å². The molecule has 2 N–H and O–H groups in total. The van der Waals surface area contributed by atoms with Crippen LogP contribution in [-0.4, -0.2) is 9.97 Å². The highest BCUT2D eigenvalue weighted by molar-refractivity contribution is 9.10. The topological polar surface area (TPSA) is 48.6 Å². The van der Waals surface area contributed by atoms with Crippen molar-refractivity contribution >= 4 is 42.9 Å². The molecule has 0 bridgehead atoms. The van der Waals surface area contributed by atoms with Gasteiger partial charge in [-0.1, -0.05) is 50.1 Å². The highest BCUT2D eigenvalue weighted by Crippen LogP contribution is 2.33. The van der Waals surface area contributed by atoms with Crippen LogP contribution in [0.1, 0.15) is 21.5 Å². The van der Waals surface area contributed by atoms with Crippen LogP contribution in [0.5, 0.6) is 0 Å². The third kappa shape index (κ3) is 2.47. The van der Waals surface area contributed by atoms with Crippen LogP contribution in [0.2, 0.25) is 0 Å². The van der Waals surface area contributed by atoms with Gasteiger partial charge in [0.25, 0.3) is 0 Å². The van der Waals surface area contributed by atoms with Gasteiger partial charge in [0.1, 0.15) is 0 Å². The Morgan fingerprint density at radius 1 is 1.00 bits per heavy atom. The summed E-state index contributed by atoms with van der Waals surface area (Å²) in [5.41, 5.74) is 4.96. The van der Waals surface area contributed by atoms with E-state index in [0.717, 1.165) is 21.1 Å². The number of benzene rings is 2. The first-order valence-corrected chi connectivity index (χ1v) is 7.87. The Morgan fingerprint density at radius 2 is 1.65 bits per heavy atom. The number of hydrogen-bond donors (Lipinski definition) is 2. The first-order chi connectivity index (χ1) is 9.54. The van der Waals surface area contributed by atoms with Crippen LogP contribution in [0.3, 0.4) is 0 Å². The third-order valence-electron chi connectivity index (χ3n) is 3.31. The maximum atomic E-state index is 11.3. The Hall–Kier alpha value is -1.33. The number of imidazole rings is 1. The molecule has 0 aliphatic carbocycles. The van der Waals surface area contributed by atoms with Crippen molar-refractivity contribution in [1.82, 2.24) is 9.97 Å². The molecule has 102 valence electrons. The van der Waals surface area contributed by atoms with Crippen molar-refractivity contribution in [2.45, 2.75) is 11.8 Å². The van der Waals surface area contributed by atoms with Crippen molar-refractivity contribution in [3.8, 4) is 0 Å². The van der Waals surface area contributed by atoms with E-state index in [-0.39, 0.29) is 10.5 Å². The van der Waals surface area contributed by atoms with E-state index in [9.17, 15) is 4.79 Å². The molecule has 3 nitrogen and oxygen atoms in total. The summed E-state index contributed by atoms with van der Waals surface area (Å²) < 4.78 is 1.10. The minimum atomic E-state index is -0.178. The summed E-state index contributed by atoms with van der Waals surface area (Å²) in [6, 6.07) is 12.2. The Labute approximate surface area is 132 Å². The molecule has 1 aromatic heterocycles. The molecule has 1 atom stereocenters. The number of fused-ring (bicyclic) bond motifs is 1. The van der Waals surface area contributed by atoms with E-state index in [2.05, 4.69) is 67.0 Å². The van der Waals surface area contributed by atoms with Crippen LogP contribution in [0, 0.1) is 6.92 Å². The van der Waals surface area contributed by atoms with Gasteiger partial charge in [-0.25, -0.2) is 4.79 Å². The summed E-state index contributed by atoms with van der Waals surface area (Å²) in [6.07, 6.45) is 0. The first kappa shape index (κ1) is 13.6. The second kappa shape index (κ2) is 5.22. The molecule has 0 radical (unpaired) electrons. The Bertz CT molecular complexity index is 835. The molecule has 1 heterocycles. The fourth-order valence-electron chi connectivity index (χ4n) is 2.23. The van der Waals surface area contributed by atoms with Crippen molar-refractivity contribution < 1.29 is 0 Å². The van der Waals surface area contributed by atoms with Gasteiger partial charge in [-0.3, -0.25) is 0 Å². The van der Waals surface area contributed by atoms with E-state index in [0.29, 0.717) is 0 Å². The summed E-state index contributed by atoms with van der Waals surface area (Å²) in [5, 5.41) is 0. The molecule has 0 amide bonds. The molecule has 0 saturated heterocycles. The van der Waals surface area contributed by atoms with Crippen LogP contribution in [0.25, 0.3) is 11.0 Å². The molecule has 2 aromatic carbocycles. The van der Waals surface area contributed by atoms with Gasteiger partial charge >= 0.3 is 5.69 Å². The zero-order valence-electron chi connectivity index (χ0n) is 10.7. The first-order valence-electron chi connectivity index (χ1n) is 6.16. The van der Waals surface area contributed by atoms with Crippen molar-refractivity contribution in [2.75, 3.05) is 0 Å². The molecule has 5 heteroatoms. The number of halogens is 2. The minimum absolute atomic E-state index is 0.0945. The van der Waals surface area contributed by atoms with Crippen molar-refractivity contribution in [3.05, 3.63) is 68.0 Å². The number of nitrogens with one attached hydrogen (secondary N) is 2. The largest absolute Gasteiger partial charge is 0.323 e. The quantitative estimate of drug-likeness (QED) is 0.620. The maximum absolute atomic E-state index is 11.3. The molecule has 0 fully saturated rings. The van der Waals surface area contributed by atoms with Gasteiger partial charge in [0.05, 0.1) is 15.9 Å². The van der Waals surface area contributed by atoms with Gasteiger partial charge in [-0.15, -0.1) is 0 Å². The average molecular weight is 396 g/mol. The Balaban J connectivity index is 2.04. The summed E-state index contributed by atoms with van der Waals surface area (Å²) in [6.45, 7) is 2.07. The number of alkyl halides is 1. The zero-order valence-corrected chi connectivity index (χ0v) is 13.9. The lowest BCUT2D eigenvalue weighted by atomic mass is 10.0. The number of aryl methyl sites for hydroxylation is 1. The van der Waals surface area contributed by atoms with Crippen LogP contribution < -0.4 is 5.69 Å². The van der Waals surface area contributed by atoms with E-state index in [1.54, 1.807) is 0 Å².